The van der Waals surface area contributed by atoms with Crippen LogP contribution in [0.15, 0.2) is 24.3 Å². The zero-order chi connectivity index (χ0) is 8.97. The van der Waals surface area contributed by atoms with Crippen molar-refractivity contribution in [2.24, 2.45) is 0 Å². The summed E-state index contributed by atoms with van der Waals surface area (Å²) in [6.07, 6.45) is 0. The van der Waals surface area contributed by atoms with Crippen LogP contribution in [-0.2, 0) is 9.53 Å². The molecule has 0 heterocycles. The molecule has 0 saturated carbocycles. The van der Waals surface area contributed by atoms with E-state index >= 15 is 0 Å². The van der Waals surface area contributed by atoms with Crippen molar-refractivity contribution >= 4 is 17.6 Å². The highest BCUT2D eigenvalue weighted by Crippen LogP contribution is 2.12. The van der Waals surface area contributed by atoms with Gasteiger partial charge in [-0.2, -0.15) is 0 Å². The first-order chi connectivity index (χ1) is 5.68. The standard InChI is InChI=1S/C9H8ClO2/c1-7(11)12-6-8-3-2-4-9(10)5-8/h2-6H,1H3. The maximum absolute atomic E-state index is 10.4. The van der Waals surface area contributed by atoms with Crippen molar-refractivity contribution in [3.8, 4) is 0 Å². The fraction of sp³-hybridized carbons (Fsp3) is 0.111. The molecule has 0 saturated heterocycles. The maximum atomic E-state index is 10.4. The molecule has 0 unspecified atom stereocenters. The van der Waals surface area contributed by atoms with Crippen molar-refractivity contribution in [1.82, 2.24) is 0 Å². The molecule has 63 valence electrons. The minimum Gasteiger partial charge on any atom is -0.453 e. The van der Waals surface area contributed by atoms with E-state index in [1.165, 1.54) is 13.5 Å². The van der Waals surface area contributed by atoms with E-state index in [2.05, 4.69) is 4.74 Å². The molecular weight excluding hydrogens is 176 g/mol. The molecule has 12 heavy (non-hydrogen) atoms. The molecule has 0 spiro atoms. The van der Waals surface area contributed by atoms with Gasteiger partial charge in [-0.05, 0) is 17.7 Å². The van der Waals surface area contributed by atoms with Gasteiger partial charge in [0.05, 0.1) is 0 Å². The third-order valence-corrected chi connectivity index (χ3v) is 1.44. The topological polar surface area (TPSA) is 26.3 Å². The fourth-order valence-electron chi connectivity index (χ4n) is 0.731. The summed E-state index contributed by atoms with van der Waals surface area (Å²) >= 11 is 5.70. The lowest BCUT2D eigenvalue weighted by Crippen LogP contribution is -1.95. The SMILES string of the molecule is CC(=O)O[CH]c1cccc(Cl)c1. The summed E-state index contributed by atoms with van der Waals surface area (Å²) in [5.41, 5.74) is 0.776. The Balaban J connectivity index is 2.57. The van der Waals surface area contributed by atoms with E-state index in [9.17, 15) is 4.79 Å². The van der Waals surface area contributed by atoms with Gasteiger partial charge in [-0.3, -0.25) is 4.79 Å². The molecule has 1 aromatic rings. The fourth-order valence-corrected chi connectivity index (χ4v) is 0.930. The zero-order valence-electron chi connectivity index (χ0n) is 6.58. The number of carbonyl (C=O) groups is 1. The number of halogens is 1. The molecular formula is C9H8ClO2. The molecule has 0 aliphatic rings. The van der Waals surface area contributed by atoms with Crippen molar-refractivity contribution in [3.63, 3.8) is 0 Å². The van der Waals surface area contributed by atoms with E-state index in [0.29, 0.717) is 5.02 Å². The van der Waals surface area contributed by atoms with Gasteiger partial charge in [-0.25, -0.2) is 0 Å². The van der Waals surface area contributed by atoms with E-state index < -0.39 is 0 Å². The number of hydrogen-bond donors (Lipinski definition) is 0. The lowest BCUT2D eigenvalue weighted by atomic mass is 10.2. The Morgan fingerprint density at radius 1 is 1.58 bits per heavy atom. The quantitative estimate of drug-likeness (QED) is 0.659. The minimum absolute atomic E-state index is 0.338. The Morgan fingerprint density at radius 2 is 2.33 bits per heavy atom. The van der Waals surface area contributed by atoms with E-state index in [4.69, 9.17) is 11.6 Å². The third kappa shape index (κ3) is 2.93. The number of carbonyl (C=O) groups excluding carboxylic acids is 1. The first kappa shape index (κ1) is 9.07. The number of esters is 1. The Labute approximate surface area is 76.1 Å². The summed E-state index contributed by atoms with van der Waals surface area (Å²) in [6.45, 7) is 2.72. The van der Waals surface area contributed by atoms with Crippen LogP contribution in [0.3, 0.4) is 0 Å². The summed E-state index contributed by atoms with van der Waals surface area (Å²) in [6, 6.07) is 7.06. The molecule has 3 heteroatoms. The van der Waals surface area contributed by atoms with Crippen LogP contribution in [0, 0.1) is 6.61 Å². The third-order valence-electron chi connectivity index (χ3n) is 1.21. The molecule has 0 atom stereocenters. The minimum atomic E-state index is -0.338. The predicted octanol–water partition coefficient (Wildman–Crippen LogP) is 2.41. The van der Waals surface area contributed by atoms with Crippen molar-refractivity contribution in [3.05, 3.63) is 41.5 Å². The summed E-state index contributed by atoms with van der Waals surface area (Å²) < 4.78 is 4.66. The molecule has 0 bridgehead atoms. The Hall–Kier alpha value is -1.02. The van der Waals surface area contributed by atoms with Crippen molar-refractivity contribution in [2.45, 2.75) is 6.92 Å². The summed E-state index contributed by atoms with van der Waals surface area (Å²) in [7, 11) is 0. The van der Waals surface area contributed by atoms with Crippen LogP contribution < -0.4 is 0 Å². The monoisotopic (exact) mass is 183 g/mol. The largest absolute Gasteiger partial charge is 0.453 e. The molecule has 0 N–H and O–H groups in total. The van der Waals surface area contributed by atoms with Gasteiger partial charge in [0, 0.05) is 11.9 Å². The van der Waals surface area contributed by atoms with Gasteiger partial charge in [0.25, 0.3) is 0 Å². The Bertz CT molecular complexity index is 284. The van der Waals surface area contributed by atoms with Crippen LogP contribution in [0.5, 0.6) is 0 Å². The number of rotatable bonds is 2. The predicted molar refractivity (Wildman–Crippen MR) is 46.6 cm³/mol. The van der Waals surface area contributed by atoms with Crippen LogP contribution in [-0.4, -0.2) is 5.97 Å². The Kier molecular flexibility index (Phi) is 3.11. The molecule has 1 rings (SSSR count). The molecule has 1 radical (unpaired) electrons. The molecule has 0 aromatic heterocycles. The van der Waals surface area contributed by atoms with Gasteiger partial charge in [0.15, 0.2) is 6.61 Å². The van der Waals surface area contributed by atoms with Gasteiger partial charge in [-0.1, -0.05) is 23.7 Å². The first-order valence-electron chi connectivity index (χ1n) is 3.44. The number of hydrogen-bond acceptors (Lipinski definition) is 2. The maximum Gasteiger partial charge on any atom is 0.303 e. The van der Waals surface area contributed by atoms with Crippen molar-refractivity contribution in [2.75, 3.05) is 0 Å². The second kappa shape index (κ2) is 4.12. The van der Waals surface area contributed by atoms with Gasteiger partial charge in [0.2, 0.25) is 0 Å². The number of ether oxygens (including phenoxy) is 1. The van der Waals surface area contributed by atoms with Gasteiger partial charge in [0.1, 0.15) is 0 Å². The Morgan fingerprint density at radius 3 is 2.92 bits per heavy atom. The van der Waals surface area contributed by atoms with Crippen LogP contribution in [0.1, 0.15) is 12.5 Å². The smallest absolute Gasteiger partial charge is 0.303 e. The van der Waals surface area contributed by atoms with Gasteiger partial charge < -0.3 is 4.74 Å². The van der Waals surface area contributed by atoms with Crippen molar-refractivity contribution in [1.29, 1.82) is 0 Å². The van der Waals surface area contributed by atoms with E-state index in [-0.39, 0.29) is 5.97 Å². The molecule has 1 aromatic carbocycles. The highest BCUT2D eigenvalue weighted by atomic mass is 35.5. The normalized spacial score (nSPS) is 9.50. The van der Waals surface area contributed by atoms with E-state index in [1.807, 2.05) is 0 Å². The first-order valence-corrected chi connectivity index (χ1v) is 3.82. The van der Waals surface area contributed by atoms with E-state index in [0.717, 1.165) is 5.56 Å². The molecule has 0 fully saturated rings. The van der Waals surface area contributed by atoms with Crippen LogP contribution in [0.25, 0.3) is 0 Å². The van der Waals surface area contributed by atoms with E-state index in [1.54, 1.807) is 24.3 Å². The molecule has 0 aliphatic carbocycles. The van der Waals surface area contributed by atoms with Gasteiger partial charge >= 0.3 is 5.97 Å². The van der Waals surface area contributed by atoms with Crippen LogP contribution >= 0.6 is 11.6 Å². The highest BCUT2D eigenvalue weighted by molar-refractivity contribution is 6.30. The second-order valence-corrected chi connectivity index (χ2v) is 2.72. The molecule has 2 nitrogen and oxygen atoms in total. The van der Waals surface area contributed by atoms with Crippen LogP contribution in [0.4, 0.5) is 0 Å². The van der Waals surface area contributed by atoms with Crippen LogP contribution in [0.2, 0.25) is 5.02 Å². The summed E-state index contributed by atoms with van der Waals surface area (Å²) in [5, 5.41) is 0.621. The summed E-state index contributed by atoms with van der Waals surface area (Å²) in [5.74, 6) is -0.338. The van der Waals surface area contributed by atoms with Gasteiger partial charge in [-0.15, -0.1) is 0 Å². The molecule has 0 amide bonds. The average molecular weight is 184 g/mol. The highest BCUT2D eigenvalue weighted by Gasteiger charge is 1.97. The molecule has 0 aliphatic heterocycles. The second-order valence-electron chi connectivity index (χ2n) is 2.28. The average Bonchev–Trinajstić information content (AvgIpc) is 2.01. The lowest BCUT2D eigenvalue weighted by Gasteiger charge is -2.00. The van der Waals surface area contributed by atoms with Crippen molar-refractivity contribution < 1.29 is 9.53 Å². The lowest BCUT2D eigenvalue weighted by molar-refractivity contribution is -0.137. The summed E-state index contributed by atoms with van der Waals surface area (Å²) in [4.78, 5) is 10.4. The zero-order valence-corrected chi connectivity index (χ0v) is 7.34. The number of benzene rings is 1.